The fourth-order valence-corrected chi connectivity index (χ4v) is 2.97. The predicted octanol–water partition coefficient (Wildman–Crippen LogP) is 4.27. The summed E-state index contributed by atoms with van der Waals surface area (Å²) in [6.07, 6.45) is 5.73. The van der Waals surface area contributed by atoms with Gasteiger partial charge in [-0.3, -0.25) is 4.79 Å². The smallest absolute Gasteiger partial charge is 0.251 e. The van der Waals surface area contributed by atoms with Crippen molar-refractivity contribution in [2.45, 2.75) is 32.2 Å². The van der Waals surface area contributed by atoms with Gasteiger partial charge in [0.2, 0.25) is 0 Å². The average molecular weight is 333 g/mol. The van der Waals surface area contributed by atoms with Gasteiger partial charge in [0, 0.05) is 30.4 Å². The molecule has 1 aromatic heterocycles. The maximum absolute atomic E-state index is 12.3. The molecule has 2 N–H and O–H groups in total. The van der Waals surface area contributed by atoms with E-state index in [4.69, 9.17) is 0 Å². The Labute approximate surface area is 148 Å². The molecule has 4 nitrogen and oxygen atoms in total. The Bertz CT molecular complexity index is 780. The topological polar surface area (TPSA) is 57.8 Å². The molecule has 0 radical (unpaired) electrons. The van der Waals surface area contributed by atoms with E-state index >= 15 is 0 Å². The number of H-pyrrole nitrogens is 1. The molecule has 0 saturated carbocycles. The first-order valence-electron chi connectivity index (χ1n) is 8.69. The maximum Gasteiger partial charge on any atom is 0.251 e. The summed E-state index contributed by atoms with van der Waals surface area (Å²) in [6, 6.07) is 17.8. The molecular formula is C21H23N3O. The SMILES string of the molecule is CCCC(c1ccc(C(=O)NCc2ccccc2)cc1)c1ncc[nH]1. The first-order valence-corrected chi connectivity index (χ1v) is 8.69. The normalized spacial score (nSPS) is 11.9. The van der Waals surface area contributed by atoms with E-state index < -0.39 is 0 Å². The van der Waals surface area contributed by atoms with Crippen LogP contribution >= 0.6 is 0 Å². The van der Waals surface area contributed by atoms with Crippen LogP contribution < -0.4 is 5.32 Å². The molecule has 25 heavy (non-hydrogen) atoms. The number of nitrogens with one attached hydrogen (secondary N) is 2. The molecule has 0 saturated heterocycles. The van der Waals surface area contributed by atoms with Crippen LogP contribution in [0.4, 0.5) is 0 Å². The molecule has 0 aliphatic heterocycles. The average Bonchev–Trinajstić information content (AvgIpc) is 3.19. The molecule has 0 fully saturated rings. The van der Waals surface area contributed by atoms with Crippen molar-refractivity contribution in [2.75, 3.05) is 0 Å². The number of aromatic amines is 1. The lowest BCUT2D eigenvalue weighted by Gasteiger charge is -2.15. The van der Waals surface area contributed by atoms with Gasteiger partial charge in [-0.2, -0.15) is 0 Å². The summed E-state index contributed by atoms with van der Waals surface area (Å²) < 4.78 is 0. The fraction of sp³-hybridized carbons (Fsp3) is 0.238. The lowest BCUT2D eigenvalue weighted by atomic mass is 9.93. The first kappa shape index (κ1) is 17.0. The Morgan fingerprint density at radius 1 is 1.12 bits per heavy atom. The number of rotatable bonds is 7. The number of amides is 1. The zero-order valence-corrected chi connectivity index (χ0v) is 14.4. The Kier molecular flexibility index (Phi) is 5.62. The second kappa shape index (κ2) is 8.29. The van der Waals surface area contributed by atoms with Gasteiger partial charge in [-0.25, -0.2) is 4.98 Å². The predicted molar refractivity (Wildman–Crippen MR) is 99.4 cm³/mol. The molecule has 1 atom stereocenters. The molecule has 1 unspecified atom stereocenters. The minimum atomic E-state index is -0.0551. The molecular weight excluding hydrogens is 310 g/mol. The molecule has 0 bridgehead atoms. The van der Waals surface area contributed by atoms with E-state index in [2.05, 4.69) is 22.2 Å². The van der Waals surface area contributed by atoms with Crippen molar-refractivity contribution >= 4 is 5.91 Å². The van der Waals surface area contributed by atoms with Gasteiger partial charge < -0.3 is 10.3 Å². The second-order valence-corrected chi connectivity index (χ2v) is 6.11. The highest BCUT2D eigenvalue weighted by Gasteiger charge is 2.16. The Hall–Kier alpha value is -2.88. The summed E-state index contributed by atoms with van der Waals surface area (Å²) in [7, 11) is 0. The number of benzene rings is 2. The van der Waals surface area contributed by atoms with Crippen molar-refractivity contribution in [1.82, 2.24) is 15.3 Å². The van der Waals surface area contributed by atoms with Crippen molar-refractivity contribution in [2.24, 2.45) is 0 Å². The van der Waals surface area contributed by atoms with Gasteiger partial charge in [-0.1, -0.05) is 55.8 Å². The molecule has 1 heterocycles. The minimum Gasteiger partial charge on any atom is -0.348 e. The summed E-state index contributed by atoms with van der Waals surface area (Å²) in [5, 5.41) is 2.96. The van der Waals surface area contributed by atoms with Gasteiger partial charge in [0.1, 0.15) is 5.82 Å². The molecule has 3 aromatic rings. The van der Waals surface area contributed by atoms with Gasteiger partial charge >= 0.3 is 0 Å². The number of nitrogens with zero attached hydrogens (tertiary/aromatic N) is 1. The zero-order chi connectivity index (χ0) is 17.5. The van der Waals surface area contributed by atoms with Crippen LogP contribution in [-0.2, 0) is 6.54 Å². The molecule has 128 valence electrons. The quantitative estimate of drug-likeness (QED) is 0.678. The van der Waals surface area contributed by atoms with E-state index in [0.717, 1.165) is 24.2 Å². The van der Waals surface area contributed by atoms with Crippen LogP contribution in [0.1, 0.15) is 53.0 Å². The number of hydrogen-bond acceptors (Lipinski definition) is 2. The number of carbonyl (C=O) groups excluding carboxylic acids is 1. The van der Waals surface area contributed by atoms with E-state index in [9.17, 15) is 4.79 Å². The van der Waals surface area contributed by atoms with E-state index in [0.29, 0.717) is 12.1 Å². The van der Waals surface area contributed by atoms with Gasteiger partial charge in [-0.05, 0) is 29.7 Å². The summed E-state index contributed by atoms with van der Waals surface area (Å²) in [5.74, 6) is 1.16. The monoisotopic (exact) mass is 333 g/mol. The highest BCUT2D eigenvalue weighted by Crippen LogP contribution is 2.26. The molecule has 3 rings (SSSR count). The fourth-order valence-electron chi connectivity index (χ4n) is 2.97. The zero-order valence-electron chi connectivity index (χ0n) is 14.4. The van der Waals surface area contributed by atoms with E-state index in [1.54, 1.807) is 6.20 Å². The van der Waals surface area contributed by atoms with Crippen molar-refractivity contribution in [3.63, 3.8) is 0 Å². The van der Waals surface area contributed by atoms with Crippen LogP contribution in [0.5, 0.6) is 0 Å². The number of hydrogen-bond donors (Lipinski definition) is 2. The second-order valence-electron chi connectivity index (χ2n) is 6.11. The minimum absolute atomic E-state index is 0.0551. The van der Waals surface area contributed by atoms with Crippen molar-refractivity contribution in [3.05, 3.63) is 89.5 Å². The van der Waals surface area contributed by atoms with E-state index in [-0.39, 0.29) is 11.8 Å². The molecule has 0 aliphatic carbocycles. The third-order valence-electron chi connectivity index (χ3n) is 4.30. The van der Waals surface area contributed by atoms with Crippen LogP contribution in [0.15, 0.2) is 67.0 Å². The van der Waals surface area contributed by atoms with Crippen molar-refractivity contribution in [3.8, 4) is 0 Å². The Morgan fingerprint density at radius 3 is 2.52 bits per heavy atom. The van der Waals surface area contributed by atoms with Gasteiger partial charge in [0.15, 0.2) is 0 Å². The third kappa shape index (κ3) is 4.35. The van der Waals surface area contributed by atoms with Crippen LogP contribution in [0.25, 0.3) is 0 Å². The Balaban J connectivity index is 1.67. The molecule has 2 aromatic carbocycles. The largest absolute Gasteiger partial charge is 0.348 e. The summed E-state index contributed by atoms with van der Waals surface area (Å²) in [6.45, 7) is 2.70. The Morgan fingerprint density at radius 2 is 1.88 bits per heavy atom. The lowest BCUT2D eigenvalue weighted by molar-refractivity contribution is 0.0951. The molecule has 1 amide bonds. The van der Waals surface area contributed by atoms with E-state index in [1.807, 2.05) is 60.8 Å². The number of aromatic nitrogens is 2. The van der Waals surface area contributed by atoms with Gasteiger partial charge in [0.25, 0.3) is 5.91 Å². The number of carbonyl (C=O) groups is 1. The highest BCUT2D eigenvalue weighted by atomic mass is 16.1. The standard InChI is InChI=1S/C21H23N3O/c1-2-6-19(20-22-13-14-23-20)17-9-11-18(12-10-17)21(25)24-15-16-7-4-3-5-8-16/h3-5,7-14,19H,2,6,15H2,1H3,(H,22,23)(H,24,25). The summed E-state index contributed by atoms with van der Waals surface area (Å²) >= 11 is 0. The van der Waals surface area contributed by atoms with Crippen LogP contribution in [0, 0.1) is 0 Å². The van der Waals surface area contributed by atoms with Crippen LogP contribution in [-0.4, -0.2) is 15.9 Å². The van der Waals surface area contributed by atoms with Crippen LogP contribution in [0.3, 0.4) is 0 Å². The first-order chi connectivity index (χ1) is 12.3. The van der Waals surface area contributed by atoms with Crippen LogP contribution in [0.2, 0.25) is 0 Å². The molecule has 0 aliphatic rings. The molecule has 0 spiro atoms. The summed E-state index contributed by atoms with van der Waals surface area (Å²) in [5.41, 5.74) is 2.94. The summed E-state index contributed by atoms with van der Waals surface area (Å²) in [4.78, 5) is 19.9. The lowest BCUT2D eigenvalue weighted by Crippen LogP contribution is -2.22. The van der Waals surface area contributed by atoms with E-state index in [1.165, 1.54) is 5.56 Å². The van der Waals surface area contributed by atoms with Crippen molar-refractivity contribution < 1.29 is 4.79 Å². The molecule has 4 heteroatoms. The third-order valence-corrected chi connectivity index (χ3v) is 4.30. The van der Waals surface area contributed by atoms with Gasteiger partial charge in [0.05, 0.1) is 0 Å². The van der Waals surface area contributed by atoms with Crippen molar-refractivity contribution in [1.29, 1.82) is 0 Å². The van der Waals surface area contributed by atoms with Gasteiger partial charge in [-0.15, -0.1) is 0 Å². The highest BCUT2D eigenvalue weighted by molar-refractivity contribution is 5.94. The maximum atomic E-state index is 12.3. The number of imidazole rings is 1.